The zero-order valence-electron chi connectivity index (χ0n) is 15.4. The number of aryl methyl sites for hydroxylation is 1. The molecule has 0 saturated carbocycles. The molecule has 1 atom stereocenters. The molecule has 4 rings (SSSR count). The van der Waals surface area contributed by atoms with Gasteiger partial charge in [0.05, 0.1) is 12.5 Å². The Balaban J connectivity index is 1.30. The highest BCUT2D eigenvalue weighted by atomic mass is 16.2. The van der Waals surface area contributed by atoms with E-state index < -0.39 is 0 Å². The summed E-state index contributed by atoms with van der Waals surface area (Å²) >= 11 is 0. The summed E-state index contributed by atoms with van der Waals surface area (Å²) in [4.78, 5) is 24.1. The first-order valence-electron chi connectivity index (χ1n) is 9.78. The van der Waals surface area contributed by atoms with Gasteiger partial charge in [-0.2, -0.15) is 0 Å². The number of carbonyl (C=O) groups excluding carboxylic acids is 1. The van der Waals surface area contributed by atoms with Crippen LogP contribution >= 0.6 is 0 Å². The second kappa shape index (κ2) is 7.62. The molecule has 2 fully saturated rings. The van der Waals surface area contributed by atoms with Gasteiger partial charge in [0.25, 0.3) is 5.91 Å². The number of rotatable bonds is 5. The Labute approximate surface area is 155 Å². The van der Waals surface area contributed by atoms with Gasteiger partial charge in [-0.3, -0.25) is 4.79 Å². The van der Waals surface area contributed by atoms with E-state index in [1.807, 2.05) is 4.90 Å². The number of nitrogens with zero attached hydrogens (tertiary/aromatic N) is 3. The molecule has 0 radical (unpaired) electrons. The summed E-state index contributed by atoms with van der Waals surface area (Å²) in [5.74, 6) is 0.0978. The molecule has 138 valence electrons. The number of amides is 1. The zero-order chi connectivity index (χ0) is 17.8. The molecule has 0 aliphatic carbocycles. The SMILES string of the molecule is O=C(c1cnc[nH]1)N1CC[C@@]2(CCCN(CCCc3ccccc3)C2)C1. The van der Waals surface area contributed by atoms with Gasteiger partial charge in [0.2, 0.25) is 0 Å². The van der Waals surface area contributed by atoms with E-state index in [0.717, 1.165) is 39.0 Å². The number of carbonyl (C=O) groups is 1. The van der Waals surface area contributed by atoms with Gasteiger partial charge in [-0.1, -0.05) is 30.3 Å². The number of nitrogens with one attached hydrogen (secondary N) is 1. The average Bonchev–Trinajstić information content (AvgIpc) is 3.33. The Morgan fingerprint density at radius 2 is 2.04 bits per heavy atom. The lowest BCUT2D eigenvalue weighted by molar-refractivity contribution is 0.0684. The molecule has 3 heterocycles. The third-order valence-corrected chi connectivity index (χ3v) is 5.98. The number of imidazole rings is 1. The number of piperidine rings is 1. The Morgan fingerprint density at radius 1 is 1.15 bits per heavy atom. The van der Waals surface area contributed by atoms with Crippen LogP contribution in [-0.2, 0) is 6.42 Å². The van der Waals surface area contributed by atoms with Crippen LogP contribution in [0.1, 0.15) is 41.7 Å². The van der Waals surface area contributed by atoms with Crippen LogP contribution in [0.15, 0.2) is 42.9 Å². The smallest absolute Gasteiger partial charge is 0.271 e. The third-order valence-electron chi connectivity index (χ3n) is 5.98. The summed E-state index contributed by atoms with van der Waals surface area (Å²) in [6, 6.07) is 10.7. The molecule has 0 unspecified atom stereocenters. The molecular formula is C21H28N4O. The van der Waals surface area contributed by atoms with E-state index in [1.165, 1.54) is 31.4 Å². The Bertz CT molecular complexity index is 715. The predicted octanol–water partition coefficient (Wildman–Crippen LogP) is 2.97. The standard InChI is InChI=1S/C21H28N4O/c26-20(19-14-22-17-23-19)25-13-10-21(16-25)9-5-12-24(15-21)11-4-8-18-6-2-1-3-7-18/h1-3,6-7,14,17H,4-5,8-13,15-16H2,(H,22,23)/t21-/m1/s1. The zero-order valence-corrected chi connectivity index (χ0v) is 15.4. The molecule has 26 heavy (non-hydrogen) atoms. The minimum absolute atomic E-state index is 0.0978. The van der Waals surface area contributed by atoms with Crippen LogP contribution in [0.3, 0.4) is 0 Å². The van der Waals surface area contributed by atoms with Crippen molar-refractivity contribution < 1.29 is 4.79 Å². The lowest BCUT2D eigenvalue weighted by Crippen LogP contribution is -2.45. The molecule has 1 spiro atoms. The van der Waals surface area contributed by atoms with Crippen molar-refractivity contribution in [2.45, 2.75) is 32.1 Å². The van der Waals surface area contributed by atoms with Gasteiger partial charge in [0.1, 0.15) is 5.69 Å². The van der Waals surface area contributed by atoms with Gasteiger partial charge in [0, 0.05) is 25.0 Å². The summed E-state index contributed by atoms with van der Waals surface area (Å²) in [7, 11) is 0. The van der Waals surface area contributed by atoms with Gasteiger partial charge in [0.15, 0.2) is 0 Å². The summed E-state index contributed by atoms with van der Waals surface area (Å²) in [5.41, 5.74) is 2.33. The minimum Gasteiger partial charge on any atom is -0.341 e. The summed E-state index contributed by atoms with van der Waals surface area (Å²) in [6.07, 6.45) is 9.18. The molecule has 1 aromatic heterocycles. The highest BCUT2D eigenvalue weighted by molar-refractivity contribution is 5.92. The van der Waals surface area contributed by atoms with Gasteiger partial charge in [-0.25, -0.2) is 4.98 Å². The fourth-order valence-electron chi connectivity index (χ4n) is 4.64. The lowest BCUT2D eigenvalue weighted by Gasteiger charge is -2.40. The van der Waals surface area contributed by atoms with Crippen molar-refractivity contribution in [3.63, 3.8) is 0 Å². The second-order valence-corrected chi connectivity index (χ2v) is 7.91. The van der Waals surface area contributed by atoms with Crippen LogP contribution in [-0.4, -0.2) is 58.4 Å². The maximum Gasteiger partial charge on any atom is 0.271 e. The number of likely N-dealkylation sites (tertiary alicyclic amines) is 2. The van der Waals surface area contributed by atoms with E-state index >= 15 is 0 Å². The maximum absolute atomic E-state index is 12.6. The van der Waals surface area contributed by atoms with Crippen molar-refractivity contribution in [2.24, 2.45) is 5.41 Å². The van der Waals surface area contributed by atoms with E-state index in [1.54, 1.807) is 12.5 Å². The molecule has 2 saturated heterocycles. The highest BCUT2D eigenvalue weighted by Gasteiger charge is 2.42. The minimum atomic E-state index is 0.0978. The van der Waals surface area contributed by atoms with Gasteiger partial charge in [-0.05, 0) is 50.8 Å². The topological polar surface area (TPSA) is 52.2 Å². The molecule has 2 aromatic rings. The lowest BCUT2D eigenvalue weighted by atomic mass is 9.79. The van der Waals surface area contributed by atoms with Gasteiger partial charge >= 0.3 is 0 Å². The molecule has 1 aromatic carbocycles. The number of hydrogen-bond acceptors (Lipinski definition) is 3. The summed E-state index contributed by atoms with van der Waals surface area (Å²) in [6.45, 7) is 5.25. The monoisotopic (exact) mass is 352 g/mol. The van der Waals surface area contributed by atoms with Crippen LogP contribution < -0.4 is 0 Å². The summed E-state index contributed by atoms with van der Waals surface area (Å²) in [5, 5.41) is 0. The van der Waals surface area contributed by atoms with Crippen molar-refractivity contribution >= 4 is 5.91 Å². The van der Waals surface area contributed by atoms with Gasteiger partial charge in [-0.15, -0.1) is 0 Å². The average molecular weight is 352 g/mol. The van der Waals surface area contributed by atoms with Crippen LogP contribution in [0, 0.1) is 5.41 Å². The van der Waals surface area contributed by atoms with Crippen molar-refractivity contribution in [3.05, 3.63) is 54.1 Å². The first kappa shape index (κ1) is 17.3. The van der Waals surface area contributed by atoms with Crippen molar-refractivity contribution in [1.82, 2.24) is 19.8 Å². The number of aromatic amines is 1. The Morgan fingerprint density at radius 3 is 2.85 bits per heavy atom. The largest absolute Gasteiger partial charge is 0.341 e. The highest BCUT2D eigenvalue weighted by Crippen LogP contribution is 2.39. The first-order valence-corrected chi connectivity index (χ1v) is 9.78. The van der Waals surface area contributed by atoms with Crippen LogP contribution in [0.5, 0.6) is 0 Å². The fourth-order valence-corrected chi connectivity index (χ4v) is 4.64. The Kier molecular flexibility index (Phi) is 5.07. The normalized spacial score (nSPS) is 23.6. The van der Waals surface area contributed by atoms with E-state index in [4.69, 9.17) is 0 Å². The second-order valence-electron chi connectivity index (χ2n) is 7.91. The number of H-pyrrole nitrogens is 1. The predicted molar refractivity (Wildman–Crippen MR) is 102 cm³/mol. The van der Waals surface area contributed by atoms with Crippen LogP contribution in [0.2, 0.25) is 0 Å². The van der Waals surface area contributed by atoms with E-state index in [2.05, 4.69) is 45.2 Å². The van der Waals surface area contributed by atoms with Gasteiger partial charge < -0.3 is 14.8 Å². The maximum atomic E-state index is 12.6. The van der Waals surface area contributed by atoms with Crippen molar-refractivity contribution in [1.29, 1.82) is 0 Å². The molecule has 1 N–H and O–H groups in total. The molecule has 0 bridgehead atoms. The molecule has 5 heteroatoms. The molecule has 1 amide bonds. The first-order chi connectivity index (χ1) is 12.7. The molecular weight excluding hydrogens is 324 g/mol. The Hall–Kier alpha value is -2.14. The molecule has 2 aliphatic rings. The molecule has 5 nitrogen and oxygen atoms in total. The van der Waals surface area contributed by atoms with E-state index in [9.17, 15) is 4.79 Å². The number of benzene rings is 1. The quantitative estimate of drug-likeness (QED) is 0.900. The number of aromatic nitrogens is 2. The van der Waals surface area contributed by atoms with Crippen molar-refractivity contribution in [3.8, 4) is 0 Å². The summed E-state index contributed by atoms with van der Waals surface area (Å²) < 4.78 is 0. The van der Waals surface area contributed by atoms with E-state index in [0.29, 0.717) is 11.1 Å². The number of hydrogen-bond donors (Lipinski definition) is 1. The fraction of sp³-hybridized carbons (Fsp3) is 0.524. The van der Waals surface area contributed by atoms with E-state index in [-0.39, 0.29) is 5.91 Å². The molecule has 2 aliphatic heterocycles. The van der Waals surface area contributed by atoms with Crippen LogP contribution in [0.25, 0.3) is 0 Å². The third kappa shape index (κ3) is 3.83. The van der Waals surface area contributed by atoms with Crippen molar-refractivity contribution in [2.75, 3.05) is 32.7 Å². The van der Waals surface area contributed by atoms with Crippen LogP contribution in [0.4, 0.5) is 0 Å².